The molecule has 1 atom stereocenters. The fourth-order valence-electron chi connectivity index (χ4n) is 3.56. The van der Waals surface area contributed by atoms with Gasteiger partial charge in [0.1, 0.15) is 6.10 Å². The van der Waals surface area contributed by atoms with Crippen molar-refractivity contribution in [2.75, 3.05) is 32.6 Å². The highest BCUT2D eigenvalue weighted by molar-refractivity contribution is 7.89. The normalized spacial score (nSPS) is 18.8. The number of aromatic nitrogens is 1. The smallest absolute Gasteiger partial charge is 0.255 e. The van der Waals surface area contributed by atoms with Crippen LogP contribution in [0.3, 0.4) is 0 Å². The first kappa shape index (κ1) is 21.9. The van der Waals surface area contributed by atoms with Crippen LogP contribution in [0.2, 0.25) is 0 Å². The monoisotopic (exact) mass is 464 g/mol. The lowest BCUT2D eigenvalue weighted by molar-refractivity contribution is -0.124. The lowest BCUT2D eigenvalue weighted by atomic mass is 10.1. The molecule has 1 N–H and O–H groups in total. The molecule has 9 nitrogen and oxygen atoms in total. The van der Waals surface area contributed by atoms with E-state index in [1.165, 1.54) is 49.7 Å². The van der Waals surface area contributed by atoms with E-state index in [2.05, 4.69) is 10.3 Å². The van der Waals surface area contributed by atoms with E-state index in [1.54, 1.807) is 4.90 Å². The highest BCUT2D eigenvalue weighted by Gasteiger charge is 2.28. The van der Waals surface area contributed by atoms with Crippen molar-refractivity contribution in [3.05, 3.63) is 40.4 Å². The van der Waals surface area contributed by atoms with Gasteiger partial charge in [0.2, 0.25) is 10.0 Å². The number of anilines is 1. The summed E-state index contributed by atoms with van der Waals surface area (Å²) in [5.41, 5.74) is 1.32. The van der Waals surface area contributed by atoms with Gasteiger partial charge < -0.3 is 9.64 Å². The number of carbonyl (C=O) groups is 2. The SMILES string of the molecule is CN(C)S(=O)(=O)c1ccc(C(=O)N2CCc3nc(NC(=O)[C@@H]4CCCO4)sc3C2)cc1. The molecule has 2 aromatic rings. The molecule has 2 aliphatic heterocycles. The van der Waals surface area contributed by atoms with Crippen molar-refractivity contribution in [3.8, 4) is 0 Å². The number of rotatable bonds is 5. The molecule has 0 aliphatic carbocycles. The Morgan fingerprint density at radius 2 is 2.00 bits per heavy atom. The minimum atomic E-state index is -3.54. The molecule has 3 heterocycles. The van der Waals surface area contributed by atoms with Gasteiger partial charge in [-0.15, -0.1) is 0 Å². The third kappa shape index (κ3) is 4.49. The maximum Gasteiger partial charge on any atom is 0.255 e. The molecule has 0 unspecified atom stereocenters. The van der Waals surface area contributed by atoms with Crippen LogP contribution in [0, 0.1) is 0 Å². The summed E-state index contributed by atoms with van der Waals surface area (Å²) in [6.07, 6.45) is 1.78. The van der Waals surface area contributed by atoms with Crippen LogP contribution in [0.5, 0.6) is 0 Å². The van der Waals surface area contributed by atoms with Crippen LogP contribution in [-0.4, -0.2) is 67.8 Å². The van der Waals surface area contributed by atoms with E-state index in [1.807, 2.05) is 0 Å². The Morgan fingerprint density at radius 1 is 1.26 bits per heavy atom. The van der Waals surface area contributed by atoms with E-state index in [4.69, 9.17) is 4.74 Å². The molecular formula is C20H24N4O5S2. The molecule has 1 aromatic carbocycles. The van der Waals surface area contributed by atoms with Gasteiger partial charge in [-0.25, -0.2) is 17.7 Å². The van der Waals surface area contributed by atoms with Crippen LogP contribution in [0.25, 0.3) is 0 Å². The van der Waals surface area contributed by atoms with E-state index >= 15 is 0 Å². The van der Waals surface area contributed by atoms with Crippen molar-refractivity contribution in [2.24, 2.45) is 0 Å². The summed E-state index contributed by atoms with van der Waals surface area (Å²) in [6.45, 7) is 1.51. The Labute approximate surface area is 185 Å². The second-order valence-corrected chi connectivity index (χ2v) is 10.9. The zero-order valence-corrected chi connectivity index (χ0v) is 19.0. The third-order valence-electron chi connectivity index (χ3n) is 5.35. The van der Waals surface area contributed by atoms with Crippen molar-refractivity contribution in [1.82, 2.24) is 14.2 Å². The lowest BCUT2D eigenvalue weighted by Gasteiger charge is -2.26. The Balaban J connectivity index is 1.43. The van der Waals surface area contributed by atoms with Crippen LogP contribution < -0.4 is 5.32 Å². The number of nitrogens with one attached hydrogen (secondary N) is 1. The molecule has 1 aromatic heterocycles. The third-order valence-corrected chi connectivity index (χ3v) is 8.18. The average molecular weight is 465 g/mol. The van der Waals surface area contributed by atoms with E-state index in [9.17, 15) is 18.0 Å². The fourth-order valence-corrected chi connectivity index (χ4v) is 5.48. The van der Waals surface area contributed by atoms with Crippen molar-refractivity contribution in [1.29, 1.82) is 0 Å². The van der Waals surface area contributed by atoms with Gasteiger partial charge in [-0.1, -0.05) is 11.3 Å². The molecule has 31 heavy (non-hydrogen) atoms. The summed E-state index contributed by atoms with van der Waals surface area (Å²) in [6, 6.07) is 5.97. The lowest BCUT2D eigenvalue weighted by Crippen LogP contribution is -2.35. The van der Waals surface area contributed by atoms with Crippen LogP contribution in [0.4, 0.5) is 5.13 Å². The standard InChI is InChI=1S/C20H24N4O5S2/c1-23(2)31(27,28)14-7-5-13(6-8-14)19(26)24-10-9-15-17(12-24)30-20(21-15)22-18(25)16-4-3-11-29-16/h5-8,16H,3-4,9-12H2,1-2H3,(H,21,22,25)/t16-/m0/s1. The maximum absolute atomic E-state index is 12.9. The van der Waals surface area contributed by atoms with Gasteiger partial charge in [-0.05, 0) is 37.1 Å². The summed E-state index contributed by atoms with van der Waals surface area (Å²) >= 11 is 1.37. The molecule has 4 rings (SSSR count). The Bertz CT molecular complexity index is 1090. The topological polar surface area (TPSA) is 109 Å². The minimum Gasteiger partial charge on any atom is -0.368 e. The van der Waals surface area contributed by atoms with Gasteiger partial charge in [-0.2, -0.15) is 0 Å². The first-order valence-electron chi connectivity index (χ1n) is 9.98. The summed E-state index contributed by atoms with van der Waals surface area (Å²) in [5.74, 6) is -0.345. The zero-order valence-electron chi connectivity index (χ0n) is 17.3. The Hall–Kier alpha value is -2.34. The number of thiazole rings is 1. The van der Waals surface area contributed by atoms with Crippen molar-refractivity contribution >= 4 is 38.3 Å². The summed E-state index contributed by atoms with van der Waals surface area (Å²) in [4.78, 5) is 32.5. The molecule has 11 heteroatoms. The summed E-state index contributed by atoms with van der Waals surface area (Å²) < 4.78 is 30.9. The molecule has 1 saturated heterocycles. The van der Waals surface area contributed by atoms with Crippen LogP contribution >= 0.6 is 11.3 Å². The van der Waals surface area contributed by atoms with Crippen LogP contribution in [-0.2, 0) is 32.5 Å². The number of ether oxygens (including phenoxy) is 1. The molecule has 0 spiro atoms. The van der Waals surface area contributed by atoms with Gasteiger partial charge in [0, 0.05) is 44.1 Å². The molecule has 2 amide bonds. The maximum atomic E-state index is 12.9. The molecule has 0 saturated carbocycles. The van der Waals surface area contributed by atoms with Gasteiger partial charge in [0.25, 0.3) is 11.8 Å². The number of amides is 2. The predicted molar refractivity (Wildman–Crippen MR) is 115 cm³/mol. The second kappa shape index (κ2) is 8.65. The highest BCUT2D eigenvalue weighted by atomic mass is 32.2. The van der Waals surface area contributed by atoms with E-state index < -0.39 is 16.1 Å². The van der Waals surface area contributed by atoms with Gasteiger partial charge in [-0.3, -0.25) is 14.9 Å². The fraction of sp³-hybridized carbons (Fsp3) is 0.450. The van der Waals surface area contributed by atoms with Gasteiger partial charge in [0.15, 0.2) is 5.13 Å². The first-order chi connectivity index (χ1) is 14.8. The zero-order chi connectivity index (χ0) is 22.2. The van der Waals surface area contributed by atoms with E-state index in [-0.39, 0.29) is 16.7 Å². The van der Waals surface area contributed by atoms with Crippen LogP contribution in [0.15, 0.2) is 29.2 Å². The van der Waals surface area contributed by atoms with E-state index in [0.717, 1.165) is 21.3 Å². The predicted octanol–water partition coefficient (Wildman–Crippen LogP) is 1.71. The number of fused-ring (bicyclic) bond motifs is 1. The largest absolute Gasteiger partial charge is 0.368 e. The summed E-state index contributed by atoms with van der Waals surface area (Å²) in [5, 5.41) is 3.35. The Morgan fingerprint density at radius 3 is 2.65 bits per heavy atom. The molecule has 1 fully saturated rings. The summed E-state index contributed by atoms with van der Waals surface area (Å²) in [7, 11) is -0.610. The van der Waals surface area contributed by atoms with E-state index in [0.29, 0.717) is 43.2 Å². The molecule has 166 valence electrons. The number of sulfonamides is 1. The van der Waals surface area contributed by atoms with Gasteiger partial charge >= 0.3 is 0 Å². The highest BCUT2D eigenvalue weighted by Crippen LogP contribution is 2.29. The molecule has 0 bridgehead atoms. The first-order valence-corrected chi connectivity index (χ1v) is 12.2. The number of nitrogens with zero attached hydrogens (tertiary/aromatic N) is 3. The number of benzene rings is 1. The van der Waals surface area contributed by atoms with Crippen molar-refractivity contribution in [3.63, 3.8) is 0 Å². The quantitative estimate of drug-likeness (QED) is 0.722. The average Bonchev–Trinajstić information content (AvgIpc) is 3.42. The van der Waals surface area contributed by atoms with Crippen LogP contribution in [0.1, 0.15) is 33.8 Å². The number of carbonyl (C=O) groups excluding carboxylic acids is 2. The van der Waals surface area contributed by atoms with Crippen molar-refractivity contribution < 1.29 is 22.7 Å². The van der Waals surface area contributed by atoms with Crippen molar-refractivity contribution in [2.45, 2.75) is 36.8 Å². The minimum absolute atomic E-state index is 0.143. The second-order valence-electron chi connectivity index (χ2n) is 7.67. The Kier molecular flexibility index (Phi) is 6.11. The van der Waals surface area contributed by atoms with Gasteiger partial charge in [0.05, 0.1) is 17.1 Å². The number of hydrogen-bond donors (Lipinski definition) is 1. The molecule has 2 aliphatic rings. The molecular weight excluding hydrogens is 440 g/mol. The molecule has 0 radical (unpaired) electrons. The number of hydrogen-bond acceptors (Lipinski definition) is 7.